The molecule has 5 nitrogen and oxygen atoms in total. The molecule has 0 aliphatic heterocycles. The van der Waals surface area contributed by atoms with Crippen molar-refractivity contribution in [3.63, 3.8) is 0 Å². The Morgan fingerprint density at radius 1 is 1.32 bits per heavy atom. The lowest BCUT2D eigenvalue weighted by molar-refractivity contribution is -0.115. The number of carbonyl (C=O) groups is 1. The van der Waals surface area contributed by atoms with Gasteiger partial charge in [-0.3, -0.25) is 9.89 Å². The smallest absolute Gasteiger partial charge is 0.237 e. The first kappa shape index (κ1) is 16.5. The molecule has 22 heavy (non-hydrogen) atoms. The van der Waals surface area contributed by atoms with Crippen molar-refractivity contribution in [2.45, 2.75) is 43.5 Å². The maximum absolute atomic E-state index is 12.8. The summed E-state index contributed by atoms with van der Waals surface area (Å²) in [5, 5.41) is 9.91. The topological polar surface area (TPSA) is 70.7 Å². The van der Waals surface area contributed by atoms with Gasteiger partial charge < -0.3 is 5.32 Å². The van der Waals surface area contributed by atoms with E-state index in [4.69, 9.17) is 0 Å². The van der Waals surface area contributed by atoms with Crippen molar-refractivity contribution in [1.29, 1.82) is 0 Å². The second-order valence-corrected chi connectivity index (χ2v) is 7.28. The first-order chi connectivity index (χ1) is 10.3. The van der Waals surface area contributed by atoms with Gasteiger partial charge >= 0.3 is 0 Å². The van der Waals surface area contributed by atoms with Crippen molar-refractivity contribution in [2.24, 2.45) is 0 Å². The number of H-pyrrole nitrogens is 1. The van der Waals surface area contributed by atoms with Gasteiger partial charge in [-0.15, -0.1) is 5.10 Å². The molecule has 0 spiro atoms. The van der Waals surface area contributed by atoms with Crippen LogP contribution in [0.4, 0.5) is 10.1 Å². The zero-order valence-electron chi connectivity index (χ0n) is 13.0. The third-order valence-electron chi connectivity index (χ3n) is 2.94. The molecule has 1 atom stereocenters. The quantitative estimate of drug-likeness (QED) is 0.847. The molecule has 0 aliphatic carbocycles. The van der Waals surface area contributed by atoms with E-state index in [-0.39, 0.29) is 22.4 Å². The van der Waals surface area contributed by atoms with Gasteiger partial charge in [0.05, 0.1) is 5.25 Å². The van der Waals surface area contributed by atoms with Gasteiger partial charge in [-0.2, -0.15) is 0 Å². The van der Waals surface area contributed by atoms with Crippen LogP contribution >= 0.6 is 11.8 Å². The molecule has 1 aromatic heterocycles. The minimum atomic E-state index is -0.367. The number of benzene rings is 1. The molecular formula is C15H19FN4OS. The number of anilines is 1. The number of aromatic amines is 1. The Morgan fingerprint density at radius 3 is 2.50 bits per heavy atom. The number of carbonyl (C=O) groups excluding carboxylic acids is 1. The summed E-state index contributed by atoms with van der Waals surface area (Å²) < 4.78 is 12.8. The van der Waals surface area contributed by atoms with Crippen molar-refractivity contribution in [3.05, 3.63) is 35.9 Å². The molecule has 2 N–H and O–H groups in total. The molecule has 0 fully saturated rings. The van der Waals surface area contributed by atoms with Crippen molar-refractivity contribution in [3.8, 4) is 0 Å². The van der Waals surface area contributed by atoms with Gasteiger partial charge in [-0.05, 0) is 31.2 Å². The Hall–Kier alpha value is -1.89. The molecule has 0 aliphatic rings. The highest BCUT2D eigenvalue weighted by Gasteiger charge is 2.21. The van der Waals surface area contributed by atoms with Gasteiger partial charge in [0.2, 0.25) is 11.1 Å². The number of hydrogen-bond acceptors (Lipinski definition) is 4. The van der Waals surface area contributed by atoms with E-state index in [0.717, 1.165) is 5.82 Å². The van der Waals surface area contributed by atoms with Gasteiger partial charge in [-0.25, -0.2) is 9.37 Å². The summed E-state index contributed by atoms with van der Waals surface area (Å²) >= 11 is 1.27. The second kappa shape index (κ2) is 6.48. The van der Waals surface area contributed by atoms with Crippen LogP contribution in [0, 0.1) is 5.82 Å². The van der Waals surface area contributed by atoms with E-state index in [1.807, 2.05) is 20.8 Å². The SMILES string of the molecule is C[C@@H](Sc1n[nH]c(C(C)(C)C)n1)C(=O)Nc1ccc(F)cc1. The fourth-order valence-corrected chi connectivity index (χ4v) is 2.35. The van der Waals surface area contributed by atoms with Gasteiger partial charge in [0.15, 0.2) is 0 Å². The Labute approximate surface area is 133 Å². The van der Waals surface area contributed by atoms with Crippen LogP contribution in [0.25, 0.3) is 0 Å². The third kappa shape index (κ3) is 4.30. The maximum atomic E-state index is 12.8. The van der Waals surface area contributed by atoms with E-state index in [2.05, 4.69) is 20.5 Å². The number of rotatable bonds is 4. The van der Waals surface area contributed by atoms with Crippen molar-refractivity contribution < 1.29 is 9.18 Å². The standard InChI is InChI=1S/C15H19FN4OS/c1-9(12(21)17-11-7-5-10(16)6-8-11)22-14-18-13(19-20-14)15(2,3)4/h5-9H,1-4H3,(H,17,21)(H,18,19,20)/t9-/m1/s1. The molecule has 1 aromatic carbocycles. The number of thioether (sulfide) groups is 1. The molecule has 0 unspecified atom stereocenters. The molecule has 2 aromatic rings. The Bertz CT molecular complexity index is 648. The van der Waals surface area contributed by atoms with Gasteiger partial charge in [0.25, 0.3) is 0 Å². The zero-order chi connectivity index (χ0) is 16.3. The number of halogens is 1. The molecule has 0 bridgehead atoms. The molecule has 0 saturated carbocycles. The van der Waals surface area contributed by atoms with E-state index < -0.39 is 0 Å². The zero-order valence-corrected chi connectivity index (χ0v) is 13.8. The van der Waals surface area contributed by atoms with E-state index in [0.29, 0.717) is 10.8 Å². The van der Waals surface area contributed by atoms with E-state index >= 15 is 0 Å². The summed E-state index contributed by atoms with van der Waals surface area (Å²) in [6, 6.07) is 5.65. The molecule has 2 rings (SSSR count). The Balaban J connectivity index is 1.96. The lowest BCUT2D eigenvalue weighted by Gasteiger charge is -2.13. The summed E-state index contributed by atoms with van der Waals surface area (Å²) in [5.41, 5.74) is 0.440. The molecular weight excluding hydrogens is 303 g/mol. The highest BCUT2D eigenvalue weighted by Crippen LogP contribution is 2.24. The first-order valence-corrected chi connectivity index (χ1v) is 7.79. The number of aromatic nitrogens is 3. The minimum absolute atomic E-state index is 0.120. The number of nitrogens with one attached hydrogen (secondary N) is 2. The van der Waals surface area contributed by atoms with Crippen LogP contribution in [0.1, 0.15) is 33.5 Å². The second-order valence-electron chi connectivity index (χ2n) is 5.97. The fraction of sp³-hybridized carbons (Fsp3) is 0.400. The van der Waals surface area contributed by atoms with Crippen LogP contribution in [0.3, 0.4) is 0 Å². The van der Waals surface area contributed by atoms with Crippen molar-refractivity contribution >= 4 is 23.4 Å². The molecule has 118 valence electrons. The van der Waals surface area contributed by atoms with Crippen LogP contribution in [0.15, 0.2) is 29.4 Å². The van der Waals surface area contributed by atoms with Crippen molar-refractivity contribution in [1.82, 2.24) is 15.2 Å². The lowest BCUT2D eigenvalue weighted by Crippen LogP contribution is -2.22. The van der Waals surface area contributed by atoms with E-state index in [9.17, 15) is 9.18 Å². The van der Waals surface area contributed by atoms with Gasteiger partial charge in [0.1, 0.15) is 11.6 Å². The number of nitrogens with zero attached hydrogens (tertiary/aromatic N) is 2. The van der Waals surface area contributed by atoms with Crippen LogP contribution in [0.2, 0.25) is 0 Å². The monoisotopic (exact) mass is 322 g/mol. The predicted octanol–water partition coefficient (Wildman–Crippen LogP) is 3.36. The van der Waals surface area contributed by atoms with E-state index in [1.165, 1.54) is 36.0 Å². The van der Waals surface area contributed by atoms with Crippen LogP contribution < -0.4 is 5.32 Å². The first-order valence-electron chi connectivity index (χ1n) is 6.91. The minimum Gasteiger partial charge on any atom is -0.325 e. The molecule has 1 amide bonds. The largest absolute Gasteiger partial charge is 0.325 e. The molecule has 1 heterocycles. The Morgan fingerprint density at radius 2 is 1.95 bits per heavy atom. The van der Waals surface area contributed by atoms with Crippen LogP contribution in [0.5, 0.6) is 0 Å². The highest BCUT2D eigenvalue weighted by atomic mass is 32.2. The summed E-state index contributed by atoms with van der Waals surface area (Å²) in [4.78, 5) is 16.5. The third-order valence-corrected chi connectivity index (χ3v) is 3.90. The number of amides is 1. The summed E-state index contributed by atoms with van der Waals surface area (Å²) in [7, 11) is 0. The summed E-state index contributed by atoms with van der Waals surface area (Å²) in [5.74, 6) is 0.260. The average molecular weight is 322 g/mol. The van der Waals surface area contributed by atoms with Crippen molar-refractivity contribution in [2.75, 3.05) is 5.32 Å². The highest BCUT2D eigenvalue weighted by molar-refractivity contribution is 8.00. The van der Waals surface area contributed by atoms with Gasteiger partial charge in [0, 0.05) is 11.1 Å². The molecule has 7 heteroatoms. The maximum Gasteiger partial charge on any atom is 0.237 e. The Kier molecular flexibility index (Phi) is 4.85. The van der Waals surface area contributed by atoms with Crippen LogP contribution in [-0.2, 0) is 10.2 Å². The molecule has 0 saturated heterocycles. The van der Waals surface area contributed by atoms with Crippen LogP contribution in [-0.4, -0.2) is 26.3 Å². The van der Waals surface area contributed by atoms with Gasteiger partial charge in [-0.1, -0.05) is 32.5 Å². The average Bonchev–Trinajstić information content (AvgIpc) is 2.90. The predicted molar refractivity (Wildman–Crippen MR) is 85.4 cm³/mol. The molecule has 0 radical (unpaired) electrons. The summed E-state index contributed by atoms with van der Waals surface area (Å²) in [6.07, 6.45) is 0. The van der Waals surface area contributed by atoms with E-state index in [1.54, 1.807) is 6.92 Å². The number of hydrogen-bond donors (Lipinski definition) is 2. The summed E-state index contributed by atoms with van der Waals surface area (Å²) in [6.45, 7) is 7.88. The normalized spacial score (nSPS) is 13.0. The lowest BCUT2D eigenvalue weighted by atomic mass is 9.96. The fourth-order valence-electron chi connectivity index (χ4n) is 1.62.